The zero-order valence-corrected chi connectivity index (χ0v) is 20.2. The van der Waals surface area contributed by atoms with E-state index in [0.717, 1.165) is 5.82 Å². The second-order valence-corrected chi connectivity index (χ2v) is 8.96. The van der Waals surface area contributed by atoms with E-state index in [1.54, 1.807) is 24.5 Å². The number of nitrogens with zero attached hydrogens (tertiary/aromatic N) is 4. The average molecular weight is 467 g/mol. The molecule has 34 heavy (non-hydrogen) atoms. The van der Waals surface area contributed by atoms with Crippen LogP contribution in [0.3, 0.4) is 0 Å². The van der Waals surface area contributed by atoms with Gasteiger partial charge in [0, 0.05) is 36.0 Å². The summed E-state index contributed by atoms with van der Waals surface area (Å²) in [5.41, 5.74) is 8.47. The van der Waals surface area contributed by atoms with Gasteiger partial charge in [0.05, 0.1) is 29.8 Å². The van der Waals surface area contributed by atoms with E-state index in [0.29, 0.717) is 40.7 Å². The highest BCUT2D eigenvalue weighted by Crippen LogP contribution is 2.33. The van der Waals surface area contributed by atoms with Gasteiger partial charge in [-0.25, -0.2) is 24.7 Å². The smallest absolute Gasteiger partial charge is 0.407 e. The van der Waals surface area contributed by atoms with Crippen LogP contribution >= 0.6 is 0 Å². The molecule has 3 aromatic heterocycles. The van der Waals surface area contributed by atoms with Crippen LogP contribution < -0.4 is 16.4 Å². The van der Waals surface area contributed by atoms with Crippen molar-refractivity contribution in [3.05, 3.63) is 35.9 Å². The topological polar surface area (TPSA) is 161 Å². The first-order chi connectivity index (χ1) is 16.0. The molecule has 0 saturated heterocycles. The van der Waals surface area contributed by atoms with E-state index in [4.69, 9.17) is 10.7 Å². The molecule has 1 unspecified atom stereocenters. The third-order valence-corrected chi connectivity index (χ3v) is 5.01. The fourth-order valence-corrected chi connectivity index (χ4v) is 3.15. The van der Waals surface area contributed by atoms with E-state index in [2.05, 4.69) is 35.3 Å². The Hall–Kier alpha value is -4.02. The molecule has 0 bridgehead atoms. The third kappa shape index (κ3) is 5.66. The zero-order chi connectivity index (χ0) is 25.0. The van der Waals surface area contributed by atoms with Gasteiger partial charge in [0.15, 0.2) is 5.78 Å². The average Bonchev–Trinajstić information content (AvgIpc) is 3.24. The molecule has 0 aliphatic carbocycles. The van der Waals surface area contributed by atoms with E-state index in [-0.39, 0.29) is 23.1 Å². The van der Waals surface area contributed by atoms with Gasteiger partial charge in [-0.3, -0.25) is 4.79 Å². The SMILES string of the molecule is COC(=O)NC(C)CNc1nccc(-c2[nH]c(C(C)(C)C)nc2-c2cnc(N)c(C(C)=O)c2)n1. The number of imidazole rings is 1. The van der Waals surface area contributed by atoms with Crippen molar-refractivity contribution in [1.82, 2.24) is 30.2 Å². The molecule has 0 radical (unpaired) electrons. The van der Waals surface area contributed by atoms with Crippen LogP contribution in [0.25, 0.3) is 22.6 Å². The minimum atomic E-state index is -0.511. The Morgan fingerprint density at radius 2 is 1.97 bits per heavy atom. The number of anilines is 2. The number of nitrogens with one attached hydrogen (secondary N) is 3. The number of nitrogens with two attached hydrogens (primary N) is 1. The summed E-state index contributed by atoms with van der Waals surface area (Å²) in [4.78, 5) is 44.7. The molecule has 0 saturated carbocycles. The summed E-state index contributed by atoms with van der Waals surface area (Å²) >= 11 is 0. The Balaban J connectivity index is 1.99. The minimum absolute atomic E-state index is 0.174. The zero-order valence-electron chi connectivity index (χ0n) is 20.2. The van der Waals surface area contributed by atoms with Gasteiger partial charge in [0.25, 0.3) is 0 Å². The molecule has 0 fully saturated rings. The molecular weight excluding hydrogens is 436 g/mol. The van der Waals surface area contributed by atoms with Gasteiger partial charge in [-0.1, -0.05) is 20.8 Å². The summed E-state index contributed by atoms with van der Waals surface area (Å²) in [6.07, 6.45) is 2.71. The van der Waals surface area contributed by atoms with Crippen molar-refractivity contribution in [1.29, 1.82) is 0 Å². The number of aromatic amines is 1. The van der Waals surface area contributed by atoms with Gasteiger partial charge in [-0.05, 0) is 26.0 Å². The second-order valence-electron chi connectivity index (χ2n) is 8.96. The fraction of sp³-hybridized carbons (Fsp3) is 0.391. The highest BCUT2D eigenvalue weighted by Gasteiger charge is 2.24. The van der Waals surface area contributed by atoms with Crippen LogP contribution in [0.5, 0.6) is 0 Å². The molecule has 1 atom stereocenters. The summed E-state index contributed by atoms with van der Waals surface area (Å²) in [7, 11) is 1.31. The van der Waals surface area contributed by atoms with Crippen molar-refractivity contribution >= 4 is 23.6 Å². The maximum Gasteiger partial charge on any atom is 0.407 e. The third-order valence-electron chi connectivity index (χ3n) is 5.01. The van der Waals surface area contributed by atoms with Crippen molar-refractivity contribution in [2.75, 3.05) is 24.7 Å². The van der Waals surface area contributed by atoms with E-state index < -0.39 is 6.09 Å². The molecule has 0 aliphatic heterocycles. The molecule has 5 N–H and O–H groups in total. The maximum absolute atomic E-state index is 12.0. The molecule has 180 valence electrons. The number of nitrogen functional groups attached to an aromatic ring is 1. The largest absolute Gasteiger partial charge is 0.453 e. The Labute approximate surface area is 198 Å². The fourth-order valence-electron chi connectivity index (χ4n) is 3.15. The second kappa shape index (κ2) is 9.86. The molecular formula is C23H30N8O3. The van der Waals surface area contributed by atoms with Crippen LogP contribution in [-0.2, 0) is 10.2 Å². The lowest BCUT2D eigenvalue weighted by atomic mass is 9.96. The summed E-state index contributed by atoms with van der Waals surface area (Å²) in [6, 6.07) is 3.25. The number of Topliss-reactive ketones (excluding diaryl/α,β-unsaturated/α-hetero) is 1. The van der Waals surface area contributed by atoms with E-state index in [9.17, 15) is 9.59 Å². The molecule has 0 aliphatic rings. The highest BCUT2D eigenvalue weighted by molar-refractivity contribution is 5.99. The van der Waals surface area contributed by atoms with Crippen LogP contribution in [0.15, 0.2) is 24.5 Å². The summed E-state index contributed by atoms with van der Waals surface area (Å²) < 4.78 is 4.61. The van der Waals surface area contributed by atoms with Crippen LogP contribution in [0, 0.1) is 0 Å². The first-order valence-electron chi connectivity index (χ1n) is 10.8. The lowest BCUT2D eigenvalue weighted by molar-refractivity contribution is 0.101. The van der Waals surface area contributed by atoms with Crippen LogP contribution in [0.1, 0.15) is 50.8 Å². The molecule has 3 heterocycles. The number of pyridine rings is 1. The number of ether oxygens (including phenoxy) is 1. The number of hydrogen-bond donors (Lipinski definition) is 4. The van der Waals surface area contributed by atoms with Crippen molar-refractivity contribution in [3.63, 3.8) is 0 Å². The van der Waals surface area contributed by atoms with E-state index in [1.807, 2.05) is 27.7 Å². The van der Waals surface area contributed by atoms with Gasteiger partial charge in [-0.15, -0.1) is 0 Å². The van der Waals surface area contributed by atoms with Crippen LogP contribution in [0.4, 0.5) is 16.6 Å². The molecule has 11 nitrogen and oxygen atoms in total. The summed E-state index contributed by atoms with van der Waals surface area (Å²) in [5, 5.41) is 5.79. The minimum Gasteiger partial charge on any atom is -0.453 e. The van der Waals surface area contributed by atoms with Crippen molar-refractivity contribution < 1.29 is 14.3 Å². The van der Waals surface area contributed by atoms with Gasteiger partial charge < -0.3 is 26.1 Å². The molecule has 0 spiro atoms. The monoisotopic (exact) mass is 466 g/mol. The quantitative estimate of drug-likeness (QED) is 0.383. The van der Waals surface area contributed by atoms with Crippen molar-refractivity contribution in [2.45, 2.75) is 46.1 Å². The number of carbonyl (C=O) groups is 2. The first kappa shape index (κ1) is 24.6. The maximum atomic E-state index is 12.0. The molecule has 3 aromatic rings. The van der Waals surface area contributed by atoms with Crippen LogP contribution in [0.2, 0.25) is 0 Å². The summed E-state index contributed by atoms with van der Waals surface area (Å²) in [6.45, 7) is 9.81. The number of rotatable bonds is 7. The number of ketones is 1. The number of aromatic nitrogens is 5. The number of carbonyl (C=O) groups excluding carboxylic acids is 2. The Kier molecular flexibility index (Phi) is 7.14. The van der Waals surface area contributed by atoms with Crippen molar-refractivity contribution in [3.8, 4) is 22.6 Å². The lowest BCUT2D eigenvalue weighted by Gasteiger charge is -2.14. The Morgan fingerprint density at radius 3 is 2.62 bits per heavy atom. The van der Waals surface area contributed by atoms with E-state index >= 15 is 0 Å². The molecule has 1 amide bonds. The highest BCUT2D eigenvalue weighted by atomic mass is 16.5. The first-order valence-corrected chi connectivity index (χ1v) is 10.8. The molecule has 0 aromatic carbocycles. The number of H-pyrrole nitrogens is 1. The van der Waals surface area contributed by atoms with Gasteiger partial charge in [-0.2, -0.15) is 0 Å². The molecule has 11 heteroatoms. The normalized spacial score (nSPS) is 12.2. The lowest BCUT2D eigenvalue weighted by Crippen LogP contribution is -2.37. The summed E-state index contributed by atoms with van der Waals surface area (Å²) in [5.74, 6) is 1.13. The van der Waals surface area contributed by atoms with E-state index in [1.165, 1.54) is 14.0 Å². The number of amides is 1. The van der Waals surface area contributed by atoms with Gasteiger partial charge in [0.2, 0.25) is 5.95 Å². The Bertz CT molecular complexity index is 1200. The molecule has 3 rings (SSSR count). The van der Waals surface area contributed by atoms with Gasteiger partial charge >= 0.3 is 6.09 Å². The standard InChI is InChI=1S/C23H30N8O3/c1-12(28-22(33)34-6)10-27-21-25-8-7-16(29-21)18-17(30-20(31-18)23(3,4)5)14-9-15(13(2)32)19(24)26-11-14/h7-9,11-12H,10H2,1-6H3,(H2,24,26)(H,28,33)(H,30,31)(H,25,27,29). The Morgan fingerprint density at radius 1 is 1.24 bits per heavy atom. The van der Waals surface area contributed by atoms with Crippen LogP contribution in [-0.4, -0.2) is 56.5 Å². The van der Waals surface area contributed by atoms with Gasteiger partial charge in [0.1, 0.15) is 11.6 Å². The predicted octanol–water partition coefficient (Wildman–Crippen LogP) is 3.17. The number of hydrogen-bond acceptors (Lipinski definition) is 9. The predicted molar refractivity (Wildman–Crippen MR) is 129 cm³/mol. The number of alkyl carbamates (subject to hydrolysis) is 1. The van der Waals surface area contributed by atoms with Crippen molar-refractivity contribution in [2.24, 2.45) is 0 Å². The number of methoxy groups -OCH3 is 1.